The minimum Gasteiger partial charge on any atom is -0.480 e. The summed E-state index contributed by atoms with van der Waals surface area (Å²) in [4.78, 5) is 25.7. The molecule has 5 nitrogen and oxygen atoms in total. The Morgan fingerprint density at radius 3 is 2.45 bits per heavy atom. The fourth-order valence-electron chi connectivity index (χ4n) is 2.85. The number of carboxylic acid groups (broad SMARTS) is 1. The van der Waals surface area contributed by atoms with Crippen LogP contribution in [0.25, 0.3) is 0 Å². The molecular formula is C17H23NO4. The Morgan fingerprint density at radius 1 is 1.36 bits per heavy atom. The zero-order valence-corrected chi connectivity index (χ0v) is 13.7. The van der Waals surface area contributed by atoms with Crippen LogP contribution in [0.2, 0.25) is 0 Å². The van der Waals surface area contributed by atoms with Crippen LogP contribution in [0.3, 0.4) is 0 Å². The molecule has 120 valence electrons. The van der Waals surface area contributed by atoms with Gasteiger partial charge in [-0.25, -0.2) is 4.79 Å². The van der Waals surface area contributed by atoms with Crippen molar-refractivity contribution in [2.45, 2.75) is 58.1 Å². The van der Waals surface area contributed by atoms with Gasteiger partial charge >= 0.3 is 5.97 Å². The molecule has 0 saturated heterocycles. The number of rotatable bonds is 4. The lowest BCUT2D eigenvalue weighted by molar-refractivity contribution is -0.144. The van der Waals surface area contributed by atoms with Crippen LogP contribution in [0.15, 0.2) is 18.2 Å². The van der Waals surface area contributed by atoms with Crippen molar-refractivity contribution < 1.29 is 19.8 Å². The van der Waals surface area contributed by atoms with Gasteiger partial charge in [0.05, 0.1) is 11.5 Å². The highest BCUT2D eigenvalue weighted by Crippen LogP contribution is 2.45. The number of carbonyl (C=O) groups is 2. The van der Waals surface area contributed by atoms with Gasteiger partial charge in [-0.05, 0) is 51.3 Å². The van der Waals surface area contributed by atoms with Crippen LogP contribution in [0.1, 0.15) is 58.3 Å². The molecule has 0 aliphatic carbocycles. The van der Waals surface area contributed by atoms with E-state index in [2.05, 4.69) is 0 Å². The molecule has 1 atom stereocenters. The average Bonchev–Trinajstić information content (AvgIpc) is 2.65. The van der Waals surface area contributed by atoms with Gasteiger partial charge in [0.2, 0.25) is 5.91 Å². The number of anilines is 1. The maximum absolute atomic E-state index is 12.8. The highest BCUT2D eigenvalue weighted by atomic mass is 16.4. The Bertz CT molecular complexity index is 634. The molecule has 1 unspecified atom stereocenters. The summed E-state index contributed by atoms with van der Waals surface area (Å²) >= 11 is 0. The maximum Gasteiger partial charge on any atom is 0.329 e. The van der Waals surface area contributed by atoms with E-state index in [1.54, 1.807) is 26.0 Å². The Labute approximate surface area is 130 Å². The molecule has 1 aromatic rings. The van der Waals surface area contributed by atoms with E-state index in [4.69, 9.17) is 0 Å². The fourth-order valence-corrected chi connectivity index (χ4v) is 2.85. The molecule has 0 saturated carbocycles. The van der Waals surface area contributed by atoms with Crippen LogP contribution < -0.4 is 4.90 Å². The van der Waals surface area contributed by atoms with E-state index >= 15 is 0 Å². The van der Waals surface area contributed by atoms with Crippen molar-refractivity contribution >= 4 is 17.6 Å². The van der Waals surface area contributed by atoms with Gasteiger partial charge in [-0.15, -0.1) is 0 Å². The summed E-state index contributed by atoms with van der Waals surface area (Å²) in [5.74, 6) is -1.29. The number of aliphatic hydroxyl groups excluding tert-OH is 1. The number of amides is 1. The van der Waals surface area contributed by atoms with E-state index in [-0.39, 0.29) is 5.91 Å². The van der Waals surface area contributed by atoms with Crippen molar-refractivity contribution in [2.24, 2.45) is 0 Å². The van der Waals surface area contributed by atoms with Crippen molar-refractivity contribution in [3.05, 3.63) is 29.3 Å². The highest BCUT2D eigenvalue weighted by Gasteiger charge is 2.51. The number of benzene rings is 1. The molecule has 1 aliphatic heterocycles. The summed E-state index contributed by atoms with van der Waals surface area (Å²) in [6.45, 7) is 8.50. The highest BCUT2D eigenvalue weighted by molar-refractivity contribution is 6.11. The molecule has 0 aromatic heterocycles. The zero-order valence-electron chi connectivity index (χ0n) is 13.7. The second-order valence-electron chi connectivity index (χ2n) is 6.83. The first-order valence-electron chi connectivity index (χ1n) is 7.45. The van der Waals surface area contributed by atoms with Crippen LogP contribution in [0.5, 0.6) is 0 Å². The third-order valence-electron chi connectivity index (χ3n) is 4.53. The summed E-state index contributed by atoms with van der Waals surface area (Å²) in [6, 6.07) is 5.31. The van der Waals surface area contributed by atoms with Gasteiger partial charge in [-0.2, -0.15) is 0 Å². The molecule has 2 N–H and O–H groups in total. The predicted octanol–water partition coefficient (Wildman–Crippen LogP) is 2.62. The number of carboxylic acids is 1. The van der Waals surface area contributed by atoms with Gasteiger partial charge in [-0.1, -0.05) is 19.1 Å². The Kier molecular flexibility index (Phi) is 3.81. The summed E-state index contributed by atoms with van der Waals surface area (Å²) in [6.07, 6.45) is -0.00458. The van der Waals surface area contributed by atoms with E-state index in [0.717, 1.165) is 11.1 Å². The molecular weight excluding hydrogens is 282 g/mol. The third-order valence-corrected chi connectivity index (χ3v) is 4.53. The van der Waals surface area contributed by atoms with Gasteiger partial charge in [0, 0.05) is 5.69 Å². The van der Waals surface area contributed by atoms with E-state index in [1.165, 1.54) is 18.7 Å². The smallest absolute Gasteiger partial charge is 0.329 e. The van der Waals surface area contributed by atoms with Gasteiger partial charge in [0.15, 0.2) is 0 Å². The van der Waals surface area contributed by atoms with E-state index in [9.17, 15) is 19.8 Å². The Balaban J connectivity index is 2.63. The van der Waals surface area contributed by atoms with E-state index in [0.29, 0.717) is 12.1 Å². The van der Waals surface area contributed by atoms with Crippen molar-refractivity contribution in [1.82, 2.24) is 0 Å². The molecule has 1 aromatic carbocycles. The molecule has 1 heterocycles. The SMILES string of the molecule is CCC(O)c1ccc2c(c1)C(C)(C)C(=O)N2C(C)(C)C(=O)O. The number of nitrogens with zero attached hydrogens (tertiary/aromatic N) is 1. The molecule has 1 aliphatic rings. The van der Waals surface area contributed by atoms with Crippen molar-refractivity contribution in [3.8, 4) is 0 Å². The number of fused-ring (bicyclic) bond motifs is 1. The van der Waals surface area contributed by atoms with E-state index < -0.39 is 23.0 Å². The molecule has 0 bridgehead atoms. The fraction of sp³-hybridized carbons (Fsp3) is 0.529. The monoisotopic (exact) mass is 305 g/mol. The number of aliphatic carboxylic acids is 1. The molecule has 5 heteroatoms. The van der Waals surface area contributed by atoms with Gasteiger partial charge in [-0.3, -0.25) is 9.69 Å². The molecule has 2 rings (SSSR count). The first kappa shape index (κ1) is 16.5. The standard InChI is InChI=1S/C17H23NO4/c1-6-13(19)10-7-8-12-11(9-10)16(2,3)14(20)18(12)17(4,5)15(21)22/h7-9,13,19H,6H2,1-5H3,(H,21,22). The second kappa shape index (κ2) is 5.09. The van der Waals surface area contributed by atoms with Gasteiger partial charge in [0.25, 0.3) is 0 Å². The number of hydrogen-bond donors (Lipinski definition) is 2. The lowest BCUT2D eigenvalue weighted by Crippen LogP contribution is -2.54. The minimum absolute atomic E-state index is 0.238. The predicted molar refractivity (Wildman–Crippen MR) is 83.9 cm³/mol. The van der Waals surface area contributed by atoms with Crippen molar-refractivity contribution in [3.63, 3.8) is 0 Å². The molecule has 1 amide bonds. The van der Waals surface area contributed by atoms with Crippen LogP contribution in [-0.4, -0.2) is 27.6 Å². The van der Waals surface area contributed by atoms with Crippen LogP contribution in [0, 0.1) is 0 Å². The Hall–Kier alpha value is -1.88. The number of hydrogen-bond acceptors (Lipinski definition) is 3. The molecule has 22 heavy (non-hydrogen) atoms. The number of aliphatic hydroxyl groups is 1. The van der Waals surface area contributed by atoms with Crippen LogP contribution in [0.4, 0.5) is 5.69 Å². The lowest BCUT2D eigenvalue weighted by Gasteiger charge is -2.33. The largest absolute Gasteiger partial charge is 0.480 e. The normalized spacial score (nSPS) is 18.3. The summed E-state index contributed by atoms with van der Waals surface area (Å²) in [7, 11) is 0. The van der Waals surface area contributed by atoms with E-state index in [1.807, 2.05) is 13.0 Å². The quantitative estimate of drug-likeness (QED) is 0.896. The third kappa shape index (κ3) is 2.20. The van der Waals surface area contributed by atoms with Gasteiger partial charge < -0.3 is 10.2 Å². The maximum atomic E-state index is 12.8. The zero-order chi connectivity index (χ0) is 16.9. The first-order chi connectivity index (χ1) is 10.0. The molecule has 0 radical (unpaired) electrons. The average molecular weight is 305 g/mol. The first-order valence-corrected chi connectivity index (χ1v) is 7.45. The lowest BCUT2D eigenvalue weighted by atomic mass is 9.84. The summed E-state index contributed by atoms with van der Waals surface area (Å²) in [5, 5.41) is 19.5. The minimum atomic E-state index is -1.33. The Morgan fingerprint density at radius 2 is 1.95 bits per heavy atom. The van der Waals surface area contributed by atoms with Gasteiger partial charge in [0.1, 0.15) is 5.54 Å². The molecule has 0 fully saturated rings. The second-order valence-corrected chi connectivity index (χ2v) is 6.83. The topological polar surface area (TPSA) is 77.8 Å². The molecule has 0 spiro atoms. The number of carbonyl (C=O) groups excluding carboxylic acids is 1. The summed E-state index contributed by atoms with van der Waals surface area (Å²) < 4.78 is 0. The van der Waals surface area contributed by atoms with Crippen LogP contribution >= 0.6 is 0 Å². The van der Waals surface area contributed by atoms with Crippen molar-refractivity contribution in [2.75, 3.05) is 4.90 Å². The summed E-state index contributed by atoms with van der Waals surface area (Å²) in [5.41, 5.74) is -0.0286. The van der Waals surface area contributed by atoms with Crippen LogP contribution in [-0.2, 0) is 15.0 Å². The van der Waals surface area contributed by atoms with Crippen molar-refractivity contribution in [1.29, 1.82) is 0 Å².